The average molecular weight is 236 g/mol. The van der Waals surface area contributed by atoms with Crippen LogP contribution >= 0.6 is 0 Å². The first-order chi connectivity index (χ1) is 7.86. The van der Waals surface area contributed by atoms with Crippen molar-refractivity contribution >= 4 is 5.97 Å². The van der Waals surface area contributed by atoms with E-state index in [9.17, 15) is 4.79 Å². The van der Waals surface area contributed by atoms with Crippen molar-refractivity contribution in [3.8, 4) is 0 Å². The number of hydrogen-bond donors (Lipinski definition) is 0. The summed E-state index contributed by atoms with van der Waals surface area (Å²) in [5.41, 5.74) is 0.710. The number of hydrogen-bond acceptors (Lipinski definition) is 2. The minimum Gasteiger partial charge on any atom is -0.458 e. The van der Waals surface area contributed by atoms with Crippen LogP contribution in [0.2, 0.25) is 0 Å². The van der Waals surface area contributed by atoms with Crippen LogP contribution < -0.4 is 0 Å². The van der Waals surface area contributed by atoms with Crippen LogP contribution in [0.1, 0.15) is 47.0 Å². The molecule has 0 aromatic heterocycles. The van der Waals surface area contributed by atoms with Gasteiger partial charge in [0.2, 0.25) is 0 Å². The molecule has 2 fully saturated rings. The van der Waals surface area contributed by atoms with Crippen molar-refractivity contribution in [1.82, 2.24) is 0 Å². The lowest BCUT2D eigenvalue weighted by Gasteiger charge is -2.35. The van der Waals surface area contributed by atoms with E-state index in [-0.39, 0.29) is 17.5 Å². The third-order valence-electron chi connectivity index (χ3n) is 4.89. The van der Waals surface area contributed by atoms with Gasteiger partial charge in [0.15, 0.2) is 0 Å². The summed E-state index contributed by atoms with van der Waals surface area (Å²) in [4.78, 5) is 11.7. The molecule has 4 atom stereocenters. The minimum absolute atomic E-state index is 0.109. The smallest absolute Gasteiger partial charge is 0.333 e. The highest BCUT2D eigenvalue weighted by Gasteiger charge is 2.58. The third kappa shape index (κ3) is 1.92. The molecule has 0 saturated heterocycles. The van der Waals surface area contributed by atoms with Crippen LogP contribution in [-0.4, -0.2) is 12.1 Å². The monoisotopic (exact) mass is 236 g/mol. The zero-order valence-corrected chi connectivity index (χ0v) is 11.5. The van der Waals surface area contributed by atoms with Crippen molar-refractivity contribution in [2.45, 2.75) is 53.1 Å². The highest BCUT2D eigenvalue weighted by molar-refractivity contribution is 5.87. The van der Waals surface area contributed by atoms with Crippen LogP contribution in [0.4, 0.5) is 0 Å². The van der Waals surface area contributed by atoms with E-state index in [1.807, 2.05) is 0 Å². The van der Waals surface area contributed by atoms with Crippen LogP contribution in [0.5, 0.6) is 0 Å². The Kier molecular flexibility index (Phi) is 3.09. The largest absolute Gasteiger partial charge is 0.458 e. The molecule has 4 unspecified atom stereocenters. The minimum atomic E-state index is -0.216. The van der Waals surface area contributed by atoms with E-state index in [1.165, 1.54) is 12.8 Å². The molecule has 2 bridgehead atoms. The van der Waals surface area contributed by atoms with E-state index < -0.39 is 0 Å². The maximum atomic E-state index is 11.7. The summed E-state index contributed by atoms with van der Waals surface area (Å²) < 4.78 is 5.65. The normalized spacial score (nSPS) is 39.7. The Balaban J connectivity index is 2.13. The van der Waals surface area contributed by atoms with Gasteiger partial charge in [0, 0.05) is 11.0 Å². The molecule has 0 radical (unpaired) electrons. The Labute approximate surface area is 104 Å². The van der Waals surface area contributed by atoms with Crippen molar-refractivity contribution in [3.63, 3.8) is 0 Å². The number of fused-ring (bicyclic) bond motifs is 2. The molecule has 0 aromatic carbocycles. The van der Waals surface area contributed by atoms with E-state index in [1.54, 1.807) is 6.92 Å². The molecule has 2 heteroatoms. The highest BCUT2D eigenvalue weighted by Crippen LogP contribution is 2.61. The van der Waals surface area contributed by atoms with Gasteiger partial charge in [-0.3, -0.25) is 0 Å². The van der Waals surface area contributed by atoms with E-state index in [0.29, 0.717) is 17.4 Å². The Morgan fingerprint density at radius 2 is 2.12 bits per heavy atom. The van der Waals surface area contributed by atoms with E-state index in [0.717, 1.165) is 12.3 Å². The summed E-state index contributed by atoms with van der Waals surface area (Å²) in [6.07, 6.45) is 3.67. The maximum Gasteiger partial charge on any atom is 0.333 e. The van der Waals surface area contributed by atoms with Gasteiger partial charge in [-0.15, -0.1) is 0 Å². The van der Waals surface area contributed by atoms with Crippen molar-refractivity contribution < 1.29 is 9.53 Å². The van der Waals surface area contributed by atoms with E-state index in [4.69, 9.17) is 4.74 Å². The molecule has 0 spiro atoms. The van der Waals surface area contributed by atoms with Crippen molar-refractivity contribution in [2.24, 2.45) is 23.2 Å². The van der Waals surface area contributed by atoms with E-state index >= 15 is 0 Å². The lowest BCUT2D eigenvalue weighted by Crippen LogP contribution is -2.36. The molecule has 0 N–H and O–H groups in total. The Morgan fingerprint density at radius 1 is 1.47 bits per heavy atom. The molecule has 2 rings (SSSR count). The fourth-order valence-electron chi connectivity index (χ4n) is 4.28. The number of carbonyl (C=O) groups excluding carboxylic acids is 1. The molecule has 2 nitrogen and oxygen atoms in total. The van der Waals surface area contributed by atoms with Crippen LogP contribution in [0.25, 0.3) is 0 Å². The number of esters is 1. The standard InChI is InChI=1S/C15H24O2/c1-9(2)13-11-6-7-15(13,5)12(8-11)17-14(16)10(3)4/h9,11-13H,3,6-8H2,1-2,4-5H3. The maximum absolute atomic E-state index is 11.7. The average Bonchev–Trinajstić information content (AvgIpc) is 2.67. The van der Waals surface area contributed by atoms with Crippen LogP contribution in [0, 0.1) is 23.2 Å². The highest BCUT2D eigenvalue weighted by atomic mass is 16.5. The first-order valence-corrected chi connectivity index (χ1v) is 6.72. The van der Waals surface area contributed by atoms with Crippen LogP contribution in [0.15, 0.2) is 12.2 Å². The van der Waals surface area contributed by atoms with Gasteiger partial charge in [-0.2, -0.15) is 0 Å². The summed E-state index contributed by atoms with van der Waals surface area (Å²) in [6, 6.07) is 0. The molecule has 17 heavy (non-hydrogen) atoms. The lowest BCUT2D eigenvalue weighted by molar-refractivity contribution is -0.151. The quantitative estimate of drug-likeness (QED) is 0.553. The second-order valence-electron chi connectivity index (χ2n) is 6.48. The first kappa shape index (κ1) is 12.7. The summed E-state index contributed by atoms with van der Waals surface area (Å²) in [5.74, 6) is 1.93. The second kappa shape index (κ2) is 4.15. The SMILES string of the molecule is C=C(C)C(=O)OC1CC2CCC1(C)C2C(C)C. The predicted molar refractivity (Wildman–Crippen MR) is 68.5 cm³/mol. The number of carbonyl (C=O) groups is 1. The molecular weight excluding hydrogens is 212 g/mol. The zero-order chi connectivity index (χ0) is 12.8. The second-order valence-corrected chi connectivity index (χ2v) is 6.48. The first-order valence-electron chi connectivity index (χ1n) is 6.72. The summed E-state index contributed by atoms with van der Waals surface area (Å²) in [7, 11) is 0. The van der Waals surface area contributed by atoms with Gasteiger partial charge in [0.05, 0.1) is 0 Å². The zero-order valence-electron chi connectivity index (χ0n) is 11.5. The Hall–Kier alpha value is -0.790. The topological polar surface area (TPSA) is 26.3 Å². The Bertz CT molecular complexity index is 345. The van der Waals surface area contributed by atoms with Crippen molar-refractivity contribution in [3.05, 3.63) is 12.2 Å². The van der Waals surface area contributed by atoms with Gasteiger partial charge in [0.1, 0.15) is 6.10 Å². The predicted octanol–water partition coefficient (Wildman–Crippen LogP) is 3.57. The molecule has 0 amide bonds. The third-order valence-corrected chi connectivity index (χ3v) is 4.89. The lowest BCUT2D eigenvalue weighted by atomic mass is 9.74. The summed E-state index contributed by atoms with van der Waals surface area (Å²) in [5, 5.41) is 0. The fraction of sp³-hybridized carbons (Fsp3) is 0.800. The molecule has 2 aliphatic carbocycles. The van der Waals surface area contributed by atoms with E-state index in [2.05, 4.69) is 27.4 Å². The molecular formula is C15H24O2. The molecule has 0 heterocycles. The van der Waals surface area contributed by atoms with Crippen molar-refractivity contribution in [2.75, 3.05) is 0 Å². The molecule has 0 aliphatic heterocycles. The molecule has 0 aromatic rings. The van der Waals surface area contributed by atoms with Crippen molar-refractivity contribution in [1.29, 1.82) is 0 Å². The molecule has 2 aliphatic rings. The van der Waals surface area contributed by atoms with Gasteiger partial charge in [-0.05, 0) is 43.9 Å². The summed E-state index contributed by atoms with van der Waals surface area (Å²) in [6.45, 7) is 12.3. The number of rotatable bonds is 3. The van der Waals surface area contributed by atoms with Crippen LogP contribution in [0.3, 0.4) is 0 Å². The molecule has 96 valence electrons. The van der Waals surface area contributed by atoms with Crippen LogP contribution in [-0.2, 0) is 9.53 Å². The number of ether oxygens (including phenoxy) is 1. The van der Waals surface area contributed by atoms with Gasteiger partial charge >= 0.3 is 5.97 Å². The van der Waals surface area contributed by atoms with Gasteiger partial charge in [0.25, 0.3) is 0 Å². The Morgan fingerprint density at radius 3 is 2.59 bits per heavy atom. The summed E-state index contributed by atoms with van der Waals surface area (Å²) >= 11 is 0. The molecule has 2 saturated carbocycles. The van der Waals surface area contributed by atoms with Gasteiger partial charge in [-0.25, -0.2) is 4.79 Å². The van der Waals surface area contributed by atoms with Gasteiger partial charge < -0.3 is 4.74 Å². The fourth-order valence-corrected chi connectivity index (χ4v) is 4.28. The van der Waals surface area contributed by atoms with Gasteiger partial charge in [-0.1, -0.05) is 27.4 Å².